The smallest absolute Gasteiger partial charge is 0.192 e. The van der Waals surface area contributed by atoms with E-state index in [0.717, 1.165) is 47.8 Å². The molecule has 4 rings (SSSR count). The molecule has 9 heteroatoms. The number of rotatable bonds is 7. The molecule has 0 unspecified atom stereocenters. The highest BCUT2D eigenvalue weighted by Gasteiger charge is 2.38. The van der Waals surface area contributed by atoms with Crippen molar-refractivity contribution < 1.29 is 4.43 Å². The molecule has 1 saturated heterocycles. The van der Waals surface area contributed by atoms with Gasteiger partial charge in [-0.3, -0.25) is 4.90 Å². The fraction of sp³-hybridized carbons (Fsp3) is 0.483. The fourth-order valence-electron chi connectivity index (χ4n) is 4.50. The summed E-state index contributed by atoms with van der Waals surface area (Å²) in [7, 11) is -3.10. The van der Waals surface area contributed by atoms with Crippen LogP contribution < -0.4 is 0 Å². The molecule has 1 fully saturated rings. The molecular weight excluding hydrogens is 569 g/mol. The van der Waals surface area contributed by atoms with Crippen LogP contribution in [0.3, 0.4) is 0 Å². The zero-order valence-electron chi connectivity index (χ0n) is 23.7. The summed E-state index contributed by atoms with van der Waals surface area (Å²) in [6.07, 6.45) is 0. The van der Waals surface area contributed by atoms with Crippen molar-refractivity contribution in [2.75, 3.05) is 13.1 Å². The van der Waals surface area contributed by atoms with E-state index in [0.29, 0.717) is 21.7 Å². The lowest BCUT2D eigenvalue weighted by molar-refractivity contribution is 0.261. The predicted molar refractivity (Wildman–Crippen MR) is 168 cm³/mol. The van der Waals surface area contributed by atoms with Crippen LogP contribution in [-0.2, 0) is 17.6 Å². The van der Waals surface area contributed by atoms with Gasteiger partial charge in [0.05, 0.1) is 28.7 Å². The Morgan fingerprint density at radius 3 is 2.13 bits per heavy atom. The first-order chi connectivity index (χ1) is 17.7. The number of hydrogen-bond acceptors (Lipinski definition) is 3. The van der Waals surface area contributed by atoms with Gasteiger partial charge in [0, 0.05) is 35.8 Å². The monoisotopic (exact) mass is 607 g/mol. The number of hydrogen-bond donors (Lipinski definition) is 0. The Labute approximate surface area is 245 Å². The van der Waals surface area contributed by atoms with E-state index in [2.05, 4.69) is 51.9 Å². The number of benzene rings is 2. The van der Waals surface area contributed by atoms with Gasteiger partial charge in [0.2, 0.25) is 0 Å². The maximum absolute atomic E-state index is 6.82. The molecule has 0 radical (unpaired) electrons. The van der Waals surface area contributed by atoms with Crippen LogP contribution in [0.5, 0.6) is 0 Å². The van der Waals surface area contributed by atoms with Crippen molar-refractivity contribution in [3.63, 3.8) is 0 Å². The van der Waals surface area contributed by atoms with Crippen molar-refractivity contribution >= 4 is 51.2 Å². The van der Waals surface area contributed by atoms with Gasteiger partial charge in [-0.2, -0.15) is 5.10 Å². The molecule has 2 aromatic carbocycles. The average molecular weight is 609 g/mol. The maximum Gasteiger partial charge on any atom is 0.192 e. The quantitative estimate of drug-likeness (QED) is 0.250. The molecule has 0 aliphatic carbocycles. The summed E-state index contributed by atoms with van der Waals surface area (Å²) in [5.74, 6) is 0. The lowest BCUT2D eigenvalue weighted by Crippen LogP contribution is -2.42. The summed E-state index contributed by atoms with van der Waals surface area (Å²) >= 11 is 19.3. The van der Waals surface area contributed by atoms with E-state index in [9.17, 15) is 0 Å². The van der Waals surface area contributed by atoms with Crippen molar-refractivity contribution in [1.29, 1.82) is 0 Å². The summed E-state index contributed by atoms with van der Waals surface area (Å²) in [4.78, 5) is 2.55. The van der Waals surface area contributed by atoms with E-state index >= 15 is 0 Å². The minimum atomic E-state index is -2.01. The Morgan fingerprint density at radius 2 is 1.55 bits per heavy atom. The first-order valence-electron chi connectivity index (χ1n) is 13.4. The van der Waals surface area contributed by atoms with Crippen molar-refractivity contribution in [1.82, 2.24) is 14.7 Å². The Balaban J connectivity index is 1.85. The van der Waals surface area contributed by atoms with Crippen molar-refractivity contribution in [2.45, 2.75) is 77.2 Å². The van der Waals surface area contributed by atoms with E-state index < -0.39 is 16.4 Å². The highest BCUT2D eigenvalue weighted by molar-refractivity contribution is 6.77. The second-order valence-electron chi connectivity index (χ2n) is 12.8. The molecule has 2 heterocycles. The zero-order chi connectivity index (χ0) is 27.9. The number of aromatic nitrogens is 2. The van der Waals surface area contributed by atoms with E-state index in [1.54, 1.807) is 6.07 Å². The molecular formula is C29H40Cl3N3OSi2. The third kappa shape index (κ3) is 6.77. The average Bonchev–Trinajstić information content (AvgIpc) is 3.16. The Bertz CT molecular complexity index is 1270. The molecule has 1 aliphatic rings. The number of halogens is 3. The van der Waals surface area contributed by atoms with Crippen molar-refractivity contribution in [3.05, 3.63) is 68.8 Å². The summed E-state index contributed by atoms with van der Waals surface area (Å²) in [6, 6.07) is 16.2. The molecule has 38 heavy (non-hydrogen) atoms. The van der Waals surface area contributed by atoms with E-state index in [1.165, 1.54) is 12.1 Å². The SMILES string of the molecule is CC(C)(C)[Si](C)(C)OCc1c(CN2CC[Si](C)(C)CC2)nn(-c2ccc(Cl)cc2Cl)c1-c1ccc(Cl)cc1. The van der Waals surface area contributed by atoms with Gasteiger partial charge in [-0.05, 0) is 73.6 Å². The Kier molecular flexibility index (Phi) is 8.95. The van der Waals surface area contributed by atoms with Crippen LogP contribution in [-0.4, -0.2) is 44.2 Å². The van der Waals surface area contributed by atoms with Crippen LogP contribution in [0.15, 0.2) is 42.5 Å². The van der Waals surface area contributed by atoms with Crippen molar-refractivity contribution in [2.24, 2.45) is 0 Å². The van der Waals surface area contributed by atoms with Gasteiger partial charge < -0.3 is 4.43 Å². The first kappa shape index (κ1) is 29.8. The normalized spacial score (nSPS) is 16.7. The van der Waals surface area contributed by atoms with Gasteiger partial charge >= 0.3 is 0 Å². The molecule has 206 valence electrons. The highest BCUT2D eigenvalue weighted by atomic mass is 35.5. The van der Waals surface area contributed by atoms with Gasteiger partial charge in [0.15, 0.2) is 8.32 Å². The highest BCUT2D eigenvalue weighted by Crippen LogP contribution is 2.40. The molecule has 0 atom stereocenters. The van der Waals surface area contributed by atoms with Crippen LogP contribution >= 0.6 is 34.8 Å². The van der Waals surface area contributed by atoms with E-state index in [-0.39, 0.29) is 5.04 Å². The molecule has 0 N–H and O–H groups in total. The fourth-order valence-corrected chi connectivity index (χ4v) is 8.15. The van der Waals surface area contributed by atoms with E-state index in [1.807, 2.05) is 41.1 Å². The Morgan fingerprint density at radius 1 is 0.947 bits per heavy atom. The van der Waals surface area contributed by atoms with E-state index in [4.69, 9.17) is 44.3 Å². The van der Waals surface area contributed by atoms with Gasteiger partial charge in [-0.1, -0.05) is 80.8 Å². The van der Waals surface area contributed by atoms with Gasteiger partial charge in [-0.25, -0.2) is 4.68 Å². The largest absolute Gasteiger partial charge is 0.412 e. The van der Waals surface area contributed by atoms with Gasteiger partial charge in [0.25, 0.3) is 0 Å². The lowest BCUT2D eigenvalue weighted by Gasteiger charge is -2.36. The third-order valence-electron chi connectivity index (χ3n) is 8.29. The van der Waals surface area contributed by atoms with Crippen LogP contribution in [0.4, 0.5) is 0 Å². The van der Waals surface area contributed by atoms with Crippen LogP contribution in [0.2, 0.25) is 58.4 Å². The standard InChI is InChI=1S/C29H40Cl3N3OSi2/c1-29(2,3)38(6,7)36-20-24-26(19-34-14-16-37(4,5)17-15-34)33-35(27-13-12-23(31)18-25(27)32)28(24)21-8-10-22(30)11-9-21/h8-13,18H,14-17,19-20H2,1-7H3. The topological polar surface area (TPSA) is 30.3 Å². The van der Waals surface area contributed by atoms with Crippen LogP contribution in [0, 0.1) is 0 Å². The molecule has 0 spiro atoms. The third-order valence-corrected chi connectivity index (χ3v) is 16.7. The maximum atomic E-state index is 6.82. The second kappa shape index (κ2) is 11.4. The summed E-state index contributed by atoms with van der Waals surface area (Å²) in [5.41, 5.74) is 4.98. The predicted octanol–water partition coefficient (Wildman–Crippen LogP) is 9.55. The van der Waals surface area contributed by atoms with Crippen LogP contribution in [0.25, 0.3) is 16.9 Å². The number of nitrogens with zero attached hydrogens (tertiary/aromatic N) is 3. The molecule has 0 bridgehead atoms. The minimum Gasteiger partial charge on any atom is -0.412 e. The minimum absolute atomic E-state index is 0.103. The lowest BCUT2D eigenvalue weighted by atomic mass is 10.1. The molecule has 0 saturated carbocycles. The molecule has 1 aliphatic heterocycles. The second-order valence-corrected chi connectivity index (χ2v) is 24.2. The van der Waals surface area contributed by atoms with Crippen molar-refractivity contribution in [3.8, 4) is 16.9 Å². The summed E-state index contributed by atoms with van der Waals surface area (Å²) < 4.78 is 8.80. The van der Waals surface area contributed by atoms with Gasteiger partial charge in [-0.15, -0.1) is 0 Å². The molecule has 1 aromatic heterocycles. The molecule has 0 amide bonds. The zero-order valence-corrected chi connectivity index (χ0v) is 27.9. The molecule has 4 nitrogen and oxygen atoms in total. The van der Waals surface area contributed by atoms with Crippen LogP contribution in [0.1, 0.15) is 32.0 Å². The van der Waals surface area contributed by atoms with Gasteiger partial charge in [0.1, 0.15) is 0 Å². The molecule has 3 aromatic rings. The Hall–Kier alpha value is -1.13. The summed E-state index contributed by atoms with van der Waals surface area (Å²) in [5, 5.41) is 7.18. The first-order valence-corrected chi connectivity index (χ1v) is 20.8. The summed E-state index contributed by atoms with van der Waals surface area (Å²) in [6.45, 7) is 19.9.